The summed E-state index contributed by atoms with van der Waals surface area (Å²) in [7, 11) is 0. The van der Waals surface area contributed by atoms with Gasteiger partial charge in [-0.3, -0.25) is 10.9 Å². The van der Waals surface area contributed by atoms with Gasteiger partial charge in [0.2, 0.25) is 0 Å². The number of hydrazone groups is 2. The van der Waals surface area contributed by atoms with Crippen LogP contribution in [0.4, 0.5) is 0 Å². The van der Waals surface area contributed by atoms with Crippen LogP contribution in [0.2, 0.25) is 0 Å². The summed E-state index contributed by atoms with van der Waals surface area (Å²) in [6.45, 7) is 4.24. The average Bonchev–Trinajstić information content (AvgIpc) is 2.22. The van der Waals surface area contributed by atoms with E-state index in [0.717, 1.165) is 0 Å². The Hall–Kier alpha value is -1.32. The largest absolute Gasteiger partial charge is 0.375 e. The molecule has 6 N–H and O–H groups in total. The van der Waals surface area contributed by atoms with E-state index in [2.05, 4.69) is 45.5 Å². The fourth-order valence-corrected chi connectivity index (χ4v) is 0.940. The minimum atomic E-state index is -0.265. The second kappa shape index (κ2) is 8.79. The third kappa shape index (κ3) is 8.48. The number of ether oxygens (including phenoxy) is 1. The Morgan fingerprint density at radius 3 is 2.41 bits per heavy atom. The van der Waals surface area contributed by atoms with Crippen LogP contribution in [-0.4, -0.2) is 34.9 Å². The second-order valence-electron chi connectivity index (χ2n) is 2.84. The third-order valence-electron chi connectivity index (χ3n) is 1.50. The van der Waals surface area contributed by atoms with Gasteiger partial charge >= 0.3 is 0 Å². The van der Waals surface area contributed by atoms with Crippen LogP contribution in [0.3, 0.4) is 0 Å². The summed E-state index contributed by atoms with van der Waals surface area (Å²) in [6.07, 6.45) is 1.16. The van der Waals surface area contributed by atoms with Gasteiger partial charge in [0.15, 0.2) is 10.2 Å². The monoisotopic (exact) mass is 276 g/mol. The first-order valence-corrected chi connectivity index (χ1v) is 5.62. The maximum atomic E-state index is 5.36. The Morgan fingerprint density at radius 2 is 1.94 bits per heavy atom. The first kappa shape index (κ1) is 15.7. The number of hydrogen-bond acceptors (Lipinski definition) is 5. The molecule has 0 aromatic heterocycles. The van der Waals surface area contributed by atoms with Crippen molar-refractivity contribution in [3.05, 3.63) is 0 Å². The summed E-state index contributed by atoms with van der Waals surface area (Å²) in [6, 6.07) is 0. The zero-order valence-electron chi connectivity index (χ0n) is 9.64. The second-order valence-corrected chi connectivity index (χ2v) is 3.72. The van der Waals surface area contributed by atoms with Gasteiger partial charge in [-0.1, -0.05) is 0 Å². The van der Waals surface area contributed by atoms with E-state index in [4.69, 9.17) is 16.2 Å². The van der Waals surface area contributed by atoms with Crippen molar-refractivity contribution in [2.75, 3.05) is 6.61 Å². The number of nitrogens with two attached hydrogens (primary N) is 2. The maximum absolute atomic E-state index is 5.36. The van der Waals surface area contributed by atoms with Crippen molar-refractivity contribution in [3.63, 3.8) is 0 Å². The zero-order valence-corrected chi connectivity index (χ0v) is 11.3. The smallest absolute Gasteiger partial charge is 0.184 e. The lowest BCUT2D eigenvalue weighted by Gasteiger charge is -2.11. The molecule has 0 radical (unpaired) electrons. The molecule has 0 aliphatic rings. The molecule has 0 aliphatic heterocycles. The van der Waals surface area contributed by atoms with Crippen LogP contribution in [0.5, 0.6) is 0 Å². The number of rotatable bonds is 6. The molecule has 96 valence electrons. The molecule has 17 heavy (non-hydrogen) atoms. The van der Waals surface area contributed by atoms with Crippen molar-refractivity contribution >= 4 is 46.6 Å². The minimum Gasteiger partial charge on any atom is -0.375 e. The number of nitrogens with zero attached hydrogens (tertiary/aromatic N) is 2. The quantitative estimate of drug-likeness (QED) is 0.292. The van der Waals surface area contributed by atoms with Gasteiger partial charge in [-0.15, -0.1) is 0 Å². The van der Waals surface area contributed by atoms with Crippen molar-refractivity contribution in [3.8, 4) is 0 Å². The third-order valence-corrected chi connectivity index (χ3v) is 1.68. The molecular formula is C8H16N6OS2. The minimum absolute atomic E-state index is 0.0573. The number of nitrogens with one attached hydrogen (secondary N) is 2. The van der Waals surface area contributed by atoms with Gasteiger partial charge in [-0.2, -0.15) is 10.2 Å². The predicted octanol–water partition coefficient (Wildman–Crippen LogP) is -0.580. The molecule has 0 rings (SSSR count). The Morgan fingerprint density at radius 1 is 1.35 bits per heavy atom. The highest BCUT2D eigenvalue weighted by Gasteiger charge is 2.08. The highest BCUT2D eigenvalue weighted by Crippen LogP contribution is 1.93. The lowest BCUT2D eigenvalue weighted by Crippen LogP contribution is -2.31. The Kier molecular flexibility index (Phi) is 8.11. The summed E-state index contributed by atoms with van der Waals surface area (Å²) >= 11 is 9.23. The first-order valence-electron chi connectivity index (χ1n) is 4.80. The molecule has 0 bridgehead atoms. The number of hydrogen-bond donors (Lipinski definition) is 4. The normalized spacial score (nSPS) is 13.4. The van der Waals surface area contributed by atoms with E-state index in [0.29, 0.717) is 12.3 Å². The van der Waals surface area contributed by atoms with E-state index >= 15 is 0 Å². The van der Waals surface area contributed by atoms with E-state index in [-0.39, 0.29) is 16.3 Å². The van der Waals surface area contributed by atoms with Gasteiger partial charge in [-0.25, -0.2) is 0 Å². The molecule has 9 heteroatoms. The molecule has 0 spiro atoms. The van der Waals surface area contributed by atoms with Crippen molar-refractivity contribution in [2.45, 2.75) is 20.0 Å². The lowest BCUT2D eigenvalue weighted by atomic mass is 10.2. The van der Waals surface area contributed by atoms with Gasteiger partial charge in [-0.05, 0) is 38.3 Å². The SMILES string of the molecule is CCOC(C)C(/C=N/NC(N)=S)=N/NC(N)=S. The molecule has 1 atom stereocenters. The van der Waals surface area contributed by atoms with Crippen molar-refractivity contribution < 1.29 is 4.74 Å². The van der Waals surface area contributed by atoms with Gasteiger partial charge < -0.3 is 16.2 Å². The van der Waals surface area contributed by atoms with Crippen LogP contribution in [0.1, 0.15) is 13.8 Å². The average molecular weight is 276 g/mol. The summed E-state index contributed by atoms with van der Waals surface area (Å²) in [5.41, 5.74) is 15.8. The van der Waals surface area contributed by atoms with Crippen LogP contribution in [0.15, 0.2) is 10.2 Å². The summed E-state index contributed by atoms with van der Waals surface area (Å²) in [5, 5.41) is 7.84. The fraction of sp³-hybridized carbons (Fsp3) is 0.500. The van der Waals surface area contributed by atoms with Gasteiger partial charge in [0, 0.05) is 6.61 Å². The van der Waals surface area contributed by atoms with E-state index in [1.54, 1.807) is 0 Å². The van der Waals surface area contributed by atoms with Crippen molar-refractivity contribution in [2.24, 2.45) is 21.7 Å². The van der Waals surface area contributed by atoms with E-state index in [1.807, 2.05) is 13.8 Å². The van der Waals surface area contributed by atoms with Gasteiger partial charge in [0.1, 0.15) is 11.8 Å². The standard InChI is InChI=1S/C8H16N6OS2/c1-3-15-5(2)6(12-14-8(10)17)4-11-13-7(9)16/h4-5H,3H2,1-2H3,(H3,9,13,16)(H3,10,14,17)/b11-4+,12-6+. The molecule has 0 aliphatic carbocycles. The molecule has 0 saturated carbocycles. The summed E-state index contributed by atoms with van der Waals surface area (Å²) in [4.78, 5) is 0. The molecule has 0 saturated heterocycles. The van der Waals surface area contributed by atoms with Gasteiger partial charge in [0.25, 0.3) is 0 Å². The Balaban J connectivity index is 4.60. The van der Waals surface area contributed by atoms with Crippen LogP contribution in [-0.2, 0) is 4.74 Å². The van der Waals surface area contributed by atoms with Gasteiger partial charge in [0.05, 0.1) is 6.21 Å². The summed E-state index contributed by atoms with van der Waals surface area (Å²) in [5.74, 6) is 0. The van der Waals surface area contributed by atoms with E-state index in [9.17, 15) is 0 Å². The van der Waals surface area contributed by atoms with Crippen LogP contribution >= 0.6 is 24.4 Å². The van der Waals surface area contributed by atoms with Crippen molar-refractivity contribution in [1.29, 1.82) is 0 Å². The molecule has 0 aromatic carbocycles. The molecule has 0 fully saturated rings. The Bertz CT molecular complexity index is 330. The molecular weight excluding hydrogens is 260 g/mol. The molecule has 0 aromatic rings. The maximum Gasteiger partial charge on any atom is 0.184 e. The van der Waals surface area contributed by atoms with E-state index < -0.39 is 0 Å². The highest BCUT2D eigenvalue weighted by atomic mass is 32.1. The lowest BCUT2D eigenvalue weighted by molar-refractivity contribution is 0.123. The first-order chi connectivity index (χ1) is 7.97. The van der Waals surface area contributed by atoms with Crippen LogP contribution in [0.25, 0.3) is 0 Å². The molecule has 0 heterocycles. The van der Waals surface area contributed by atoms with Crippen molar-refractivity contribution in [1.82, 2.24) is 10.9 Å². The fourth-order valence-electron chi connectivity index (χ4n) is 0.842. The van der Waals surface area contributed by atoms with Crippen LogP contribution < -0.4 is 22.3 Å². The summed E-state index contributed by atoms with van der Waals surface area (Å²) < 4.78 is 5.36. The predicted molar refractivity (Wildman–Crippen MR) is 76.9 cm³/mol. The molecule has 1 unspecified atom stereocenters. The number of thiocarbonyl (C=S) groups is 2. The molecule has 0 amide bonds. The molecule has 7 nitrogen and oxygen atoms in total. The van der Waals surface area contributed by atoms with Crippen LogP contribution in [0, 0.1) is 0 Å². The zero-order chi connectivity index (χ0) is 13.3. The topological polar surface area (TPSA) is 110 Å². The Labute approximate surface area is 111 Å². The van der Waals surface area contributed by atoms with E-state index in [1.165, 1.54) is 6.21 Å². The highest BCUT2D eigenvalue weighted by molar-refractivity contribution is 7.80.